The summed E-state index contributed by atoms with van der Waals surface area (Å²) in [6.45, 7) is 1.12. The molecule has 0 radical (unpaired) electrons. The number of carbonyl (C=O) groups excluding carboxylic acids is 1. The average molecular weight is 283 g/mol. The van der Waals surface area contributed by atoms with Gasteiger partial charge in [-0.15, -0.1) is 0 Å². The summed E-state index contributed by atoms with van der Waals surface area (Å²) in [6, 6.07) is 4.65. The number of rotatable bonds is 5. The molecule has 0 aromatic heterocycles. The van der Waals surface area contributed by atoms with Gasteiger partial charge in [-0.1, -0.05) is 6.07 Å². The quantitative estimate of drug-likeness (QED) is 0.844. The fourth-order valence-corrected chi connectivity index (χ4v) is 1.62. The van der Waals surface area contributed by atoms with E-state index in [9.17, 15) is 18.4 Å². The summed E-state index contributed by atoms with van der Waals surface area (Å²) in [5.41, 5.74) is 1.59. The van der Waals surface area contributed by atoms with Gasteiger partial charge in [-0.2, -0.15) is 0 Å². The van der Waals surface area contributed by atoms with E-state index in [2.05, 4.69) is 0 Å². The molecular weight excluding hydrogens is 268 g/mol. The molecule has 0 saturated carbocycles. The number of aryl methyl sites for hydroxylation is 1. The van der Waals surface area contributed by atoms with Crippen molar-refractivity contribution >= 4 is 18.0 Å². The Kier molecular flexibility index (Phi) is 5.37. The highest BCUT2D eigenvalue weighted by molar-refractivity contribution is 5.95. The molecule has 0 heterocycles. The maximum atomic E-state index is 12.2. The van der Waals surface area contributed by atoms with E-state index in [0.29, 0.717) is 5.56 Å². The van der Waals surface area contributed by atoms with Gasteiger partial charge in [0.05, 0.1) is 6.54 Å². The summed E-state index contributed by atoms with van der Waals surface area (Å²) in [5, 5.41) is 8.59. The van der Waals surface area contributed by atoms with Crippen LogP contribution in [0.15, 0.2) is 24.3 Å². The molecule has 0 unspecified atom stereocenters. The second-order valence-electron chi connectivity index (χ2n) is 4.32. The third-order valence-corrected chi connectivity index (χ3v) is 2.69. The van der Waals surface area contributed by atoms with E-state index >= 15 is 0 Å². The third-order valence-electron chi connectivity index (χ3n) is 2.69. The van der Waals surface area contributed by atoms with Crippen LogP contribution in [0.4, 0.5) is 8.78 Å². The summed E-state index contributed by atoms with van der Waals surface area (Å²) in [4.78, 5) is 23.4. The number of alkyl halides is 2. The Morgan fingerprint density at radius 2 is 2.05 bits per heavy atom. The van der Waals surface area contributed by atoms with E-state index in [-0.39, 0.29) is 5.56 Å². The SMILES string of the molecule is Cc1ccc(C(=O)N(C)CC(F)F)cc1/C=C/C(=O)O. The van der Waals surface area contributed by atoms with Gasteiger partial charge in [0.2, 0.25) is 0 Å². The molecule has 1 N–H and O–H groups in total. The summed E-state index contributed by atoms with van der Waals surface area (Å²) in [6.07, 6.45) is -0.276. The summed E-state index contributed by atoms with van der Waals surface area (Å²) >= 11 is 0. The van der Waals surface area contributed by atoms with Gasteiger partial charge in [0.15, 0.2) is 0 Å². The largest absolute Gasteiger partial charge is 0.478 e. The van der Waals surface area contributed by atoms with E-state index in [1.54, 1.807) is 13.0 Å². The third kappa shape index (κ3) is 4.46. The van der Waals surface area contributed by atoms with Crippen molar-refractivity contribution in [1.82, 2.24) is 4.90 Å². The molecule has 4 nitrogen and oxygen atoms in total. The normalized spacial score (nSPS) is 11.1. The Morgan fingerprint density at radius 1 is 1.40 bits per heavy atom. The van der Waals surface area contributed by atoms with Crippen molar-refractivity contribution < 1.29 is 23.5 Å². The van der Waals surface area contributed by atoms with Crippen LogP contribution >= 0.6 is 0 Å². The first-order valence-electron chi connectivity index (χ1n) is 5.86. The van der Waals surface area contributed by atoms with Gasteiger partial charge in [-0.3, -0.25) is 4.79 Å². The number of carboxylic acid groups (broad SMARTS) is 1. The Hall–Kier alpha value is -2.24. The Balaban J connectivity index is 3.00. The highest BCUT2D eigenvalue weighted by Crippen LogP contribution is 2.15. The summed E-state index contributed by atoms with van der Waals surface area (Å²) in [7, 11) is 1.29. The Labute approximate surface area is 115 Å². The van der Waals surface area contributed by atoms with Crippen molar-refractivity contribution in [1.29, 1.82) is 0 Å². The van der Waals surface area contributed by atoms with Crippen molar-refractivity contribution in [3.63, 3.8) is 0 Å². The van der Waals surface area contributed by atoms with E-state index in [4.69, 9.17) is 5.11 Å². The van der Waals surface area contributed by atoms with Crippen LogP contribution in [-0.2, 0) is 4.79 Å². The van der Waals surface area contributed by atoms with Gasteiger partial charge in [-0.05, 0) is 36.3 Å². The van der Waals surface area contributed by atoms with Gasteiger partial charge in [0.1, 0.15) is 0 Å². The molecule has 0 saturated heterocycles. The molecule has 0 aliphatic rings. The molecule has 6 heteroatoms. The number of hydrogen-bond acceptors (Lipinski definition) is 2. The first-order valence-corrected chi connectivity index (χ1v) is 5.86. The molecule has 108 valence electrons. The molecule has 0 spiro atoms. The topological polar surface area (TPSA) is 57.6 Å². The van der Waals surface area contributed by atoms with Gasteiger partial charge < -0.3 is 10.0 Å². The van der Waals surface area contributed by atoms with Crippen molar-refractivity contribution in [3.05, 3.63) is 41.0 Å². The highest BCUT2D eigenvalue weighted by Gasteiger charge is 2.16. The number of amides is 1. The number of carboxylic acids is 1. The van der Waals surface area contributed by atoms with Crippen LogP contribution in [0.5, 0.6) is 0 Å². The van der Waals surface area contributed by atoms with Crippen LogP contribution < -0.4 is 0 Å². The summed E-state index contributed by atoms with van der Waals surface area (Å²) in [5.74, 6) is -1.63. The maximum Gasteiger partial charge on any atom is 0.328 e. The number of halogens is 2. The van der Waals surface area contributed by atoms with Crippen LogP contribution in [0.3, 0.4) is 0 Å². The number of benzene rings is 1. The first kappa shape index (κ1) is 15.8. The molecule has 0 aliphatic heterocycles. The van der Waals surface area contributed by atoms with E-state index < -0.39 is 24.8 Å². The molecule has 1 aromatic rings. The molecule has 0 bridgehead atoms. The van der Waals surface area contributed by atoms with Crippen molar-refractivity contribution in [3.8, 4) is 0 Å². The smallest absolute Gasteiger partial charge is 0.328 e. The molecule has 1 amide bonds. The molecular formula is C14H15F2NO3. The van der Waals surface area contributed by atoms with Crippen LogP contribution in [0, 0.1) is 6.92 Å². The minimum atomic E-state index is -2.60. The van der Waals surface area contributed by atoms with E-state index in [1.165, 1.54) is 25.3 Å². The van der Waals surface area contributed by atoms with E-state index in [1.807, 2.05) is 0 Å². The van der Waals surface area contributed by atoms with Gasteiger partial charge >= 0.3 is 5.97 Å². The lowest BCUT2D eigenvalue weighted by Gasteiger charge is -2.17. The minimum absolute atomic E-state index is 0.240. The molecule has 1 rings (SSSR count). The second-order valence-corrected chi connectivity index (χ2v) is 4.32. The number of hydrogen-bond donors (Lipinski definition) is 1. The van der Waals surface area contributed by atoms with Crippen LogP contribution in [-0.4, -0.2) is 41.9 Å². The Morgan fingerprint density at radius 3 is 2.60 bits per heavy atom. The minimum Gasteiger partial charge on any atom is -0.478 e. The number of aliphatic carboxylic acids is 1. The zero-order valence-electron chi connectivity index (χ0n) is 11.1. The molecule has 1 aromatic carbocycles. The van der Waals surface area contributed by atoms with Crippen LogP contribution in [0.25, 0.3) is 6.08 Å². The van der Waals surface area contributed by atoms with Gasteiger partial charge in [0.25, 0.3) is 12.3 Å². The van der Waals surface area contributed by atoms with E-state index in [0.717, 1.165) is 16.5 Å². The lowest BCUT2D eigenvalue weighted by molar-refractivity contribution is -0.131. The van der Waals surface area contributed by atoms with Gasteiger partial charge in [0, 0.05) is 18.7 Å². The van der Waals surface area contributed by atoms with Crippen molar-refractivity contribution in [2.24, 2.45) is 0 Å². The number of carbonyl (C=O) groups is 2. The predicted molar refractivity (Wildman–Crippen MR) is 70.8 cm³/mol. The standard InChI is InChI=1S/C14H15F2NO3/c1-9-3-4-11(7-10(9)5-6-13(18)19)14(20)17(2)8-12(15)16/h3-7,12H,8H2,1-2H3,(H,18,19)/b6-5+. The van der Waals surface area contributed by atoms with Crippen molar-refractivity contribution in [2.75, 3.05) is 13.6 Å². The fraction of sp³-hybridized carbons (Fsp3) is 0.286. The molecule has 0 atom stereocenters. The number of nitrogens with zero attached hydrogens (tertiary/aromatic N) is 1. The lowest BCUT2D eigenvalue weighted by atomic mass is 10.0. The predicted octanol–water partition coefficient (Wildman–Crippen LogP) is 2.43. The fourth-order valence-electron chi connectivity index (χ4n) is 1.62. The van der Waals surface area contributed by atoms with Crippen molar-refractivity contribution in [2.45, 2.75) is 13.3 Å². The molecule has 0 fully saturated rings. The zero-order valence-corrected chi connectivity index (χ0v) is 11.1. The monoisotopic (exact) mass is 283 g/mol. The molecule has 20 heavy (non-hydrogen) atoms. The van der Waals surface area contributed by atoms with Crippen LogP contribution in [0.2, 0.25) is 0 Å². The van der Waals surface area contributed by atoms with Crippen LogP contribution in [0.1, 0.15) is 21.5 Å². The zero-order chi connectivity index (χ0) is 15.3. The second kappa shape index (κ2) is 6.79. The molecule has 0 aliphatic carbocycles. The average Bonchev–Trinajstić information content (AvgIpc) is 2.36. The lowest BCUT2D eigenvalue weighted by Crippen LogP contribution is -2.31. The highest BCUT2D eigenvalue weighted by atomic mass is 19.3. The summed E-state index contributed by atoms with van der Waals surface area (Å²) < 4.78 is 24.5. The first-order chi connectivity index (χ1) is 9.31. The van der Waals surface area contributed by atoms with Gasteiger partial charge in [-0.25, -0.2) is 13.6 Å². The maximum absolute atomic E-state index is 12.2. The Bertz CT molecular complexity index is 541.